The molecule has 0 saturated carbocycles. The lowest BCUT2D eigenvalue weighted by Crippen LogP contribution is -2.21. The molecule has 0 saturated heterocycles. The molecular weight excluding hydrogens is 474 g/mol. The number of aromatic carboxylic acids is 1. The molecule has 0 bridgehead atoms. The summed E-state index contributed by atoms with van der Waals surface area (Å²) in [6, 6.07) is 12.0. The van der Waals surface area contributed by atoms with Crippen molar-refractivity contribution in [2.75, 3.05) is 14.1 Å². The van der Waals surface area contributed by atoms with Crippen LogP contribution in [0.3, 0.4) is 0 Å². The molecule has 0 aliphatic rings. The summed E-state index contributed by atoms with van der Waals surface area (Å²) >= 11 is 0. The molecule has 0 aliphatic carbocycles. The molecule has 0 fully saturated rings. The fourth-order valence-corrected chi connectivity index (χ4v) is 2.91. The maximum Gasteiger partial charge on any atom is 0.356 e. The summed E-state index contributed by atoms with van der Waals surface area (Å²) < 4.78 is 2.99. The summed E-state index contributed by atoms with van der Waals surface area (Å²) in [6.07, 6.45) is 5.58. The van der Waals surface area contributed by atoms with E-state index < -0.39 is 15.8 Å². The maximum atomic E-state index is 11.7. The highest BCUT2D eigenvalue weighted by Gasteiger charge is 2.13. The minimum atomic E-state index is -1.14. The Morgan fingerprint density at radius 1 is 0.833 bits per heavy atom. The number of hydrogen-bond donors (Lipinski definition) is 1. The van der Waals surface area contributed by atoms with Gasteiger partial charge in [0.05, 0.1) is 21.2 Å². The lowest BCUT2D eigenvalue weighted by Gasteiger charge is -2.06. The normalized spacial score (nSPS) is 10.2. The third-order valence-electron chi connectivity index (χ3n) is 4.69. The Morgan fingerprint density at radius 3 is 1.67 bits per heavy atom. The monoisotopic (exact) mass is 493 g/mol. The molecule has 1 amide bonds. The summed E-state index contributed by atoms with van der Waals surface area (Å²) in [5.74, 6) is -1.36. The van der Waals surface area contributed by atoms with Gasteiger partial charge >= 0.3 is 5.97 Å². The minimum Gasteiger partial charge on any atom is -0.476 e. The molecule has 0 spiro atoms. The zero-order valence-electron chi connectivity index (χ0n) is 19.0. The van der Waals surface area contributed by atoms with E-state index in [1.54, 1.807) is 43.1 Å². The van der Waals surface area contributed by atoms with Crippen LogP contribution >= 0.6 is 0 Å². The molecule has 0 aliphatic heterocycles. The van der Waals surface area contributed by atoms with Gasteiger partial charge in [0, 0.05) is 50.8 Å². The number of non-ortho nitro benzene ring substituents is 2. The quantitative estimate of drug-likeness (QED) is 0.312. The fraction of sp³-hybridized carbons (Fsp3) is 0.0909. The first-order chi connectivity index (χ1) is 17.1. The van der Waals surface area contributed by atoms with Crippen molar-refractivity contribution >= 4 is 23.3 Å². The number of amides is 1. The van der Waals surface area contributed by atoms with Crippen molar-refractivity contribution < 1.29 is 24.5 Å². The third-order valence-corrected chi connectivity index (χ3v) is 4.69. The van der Waals surface area contributed by atoms with Crippen LogP contribution in [-0.4, -0.2) is 64.9 Å². The second-order valence-corrected chi connectivity index (χ2v) is 7.39. The average molecular weight is 493 g/mol. The first-order valence-electron chi connectivity index (χ1n) is 10.1. The van der Waals surface area contributed by atoms with Crippen LogP contribution in [0.1, 0.15) is 21.0 Å². The topological polar surface area (TPSA) is 180 Å². The summed E-state index contributed by atoms with van der Waals surface area (Å²) in [5, 5.41) is 30.0. The van der Waals surface area contributed by atoms with E-state index in [9.17, 15) is 29.8 Å². The number of rotatable bonds is 6. The van der Waals surface area contributed by atoms with E-state index in [4.69, 9.17) is 5.11 Å². The summed E-state index contributed by atoms with van der Waals surface area (Å²) in [7, 11) is 3.27. The van der Waals surface area contributed by atoms with E-state index >= 15 is 0 Å². The van der Waals surface area contributed by atoms with Gasteiger partial charge in [-0.05, 0) is 12.1 Å². The second kappa shape index (κ2) is 10.7. The number of carbonyl (C=O) groups excluding carboxylic acids is 1. The minimum absolute atomic E-state index is 0.00770. The van der Waals surface area contributed by atoms with Crippen molar-refractivity contribution in [3.05, 3.63) is 105 Å². The highest BCUT2D eigenvalue weighted by Crippen LogP contribution is 2.18. The standard InChI is InChI=1S/C12H12N4O3.C10H7N3O4/c1-14(2)12(17)11-7-15(8-13-11)9-4-3-5-10(6-9)16(18)19;14-10(15)9-5-12(6-11-9)7-2-1-3-8(4-7)13(16)17/h3-8H,1-2H3;1-6H,(H,14,15). The fourth-order valence-electron chi connectivity index (χ4n) is 2.91. The van der Waals surface area contributed by atoms with E-state index in [1.165, 1.54) is 58.7 Å². The SMILES string of the molecule is CN(C)C(=O)c1cn(-c2cccc([N+](=O)[O-])c2)cn1.O=C(O)c1cn(-c2cccc([N+](=O)[O-])c2)cn1. The van der Waals surface area contributed by atoms with Crippen molar-refractivity contribution in [2.24, 2.45) is 0 Å². The van der Waals surface area contributed by atoms with Gasteiger partial charge in [-0.2, -0.15) is 0 Å². The molecule has 2 aromatic carbocycles. The van der Waals surface area contributed by atoms with E-state index in [2.05, 4.69) is 9.97 Å². The Bertz CT molecular complexity index is 1440. The van der Waals surface area contributed by atoms with Crippen molar-refractivity contribution in [3.8, 4) is 11.4 Å². The number of nitro benzene ring substituents is 2. The van der Waals surface area contributed by atoms with Crippen LogP contribution in [0.2, 0.25) is 0 Å². The average Bonchev–Trinajstić information content (AvgIpc) is 3.55. The predicted molar refractivity (Wildman–Crippen MR) is 125 cm³/mol. The molecule has 14 heteroatoms. The number of benzene rings is 2. The number of imidazole rings is 2. The van der Waals surface area contributed by atoms with E-state index in [-0.39, 0.29) is 28.7 Å². The van der Waals surface area contributed by atoms with Gasteiger partial charge in [-0.15, -0.1) is 0 Å². The van der Waals surface area contributed by atoms with Crippen molar-refractivity contribution in [2.45, 2.75) is 0 Å². The van der Waals surface area contributed by atoms with E-state index in [1.807, 2.05) is 0 Å². The zero-order chi connectivity index (χ0) is 26.4. The largest absolute Gasteiger partial charge is 0.476 e. The van der Waals surface area contributed by atoms with Crippen molar-refractivity contribution in [1.82, 2.24) is 24.0 Å². The number of carboxylic acids is 1. The van der Waals surface area contributed by atoms with Gasteiger partial charge in [-0.25, -0.2) is 14.8 Å². The maximum absolute atomic E-state index is 11.7. The van der Waals surface area contributed by atoms with Gasteiger partial charge in [0.2, 0.25) is 0 Å². The predicted octanol–water partition coefficient (Wildman–Crippen LogP) is 2.96. The highest BCUT2D eigenvalue weighted by atomic mass is 16.6. The molecule has 184 valence electrons. The molecule has 4 aromatic rings. The zero-order valence-corrected chi connectivity index (χ0v) is 19.0. The lowest BCUT2D eigenvalue weighted by atomic mass is 10.3. The van der Waals surface area contributed by atoms with Gasteiger partial charge in [-0.3, -0.25) is 25.0 Å². The Kier molecular flexibility index (Phi) is 7.49. The molecule has 1 N–H and O–H groups in total. The number of carboxylic acid groups (broad SMARTS) is 1. The van der Waals surface area contributed by atoms with Crippen LogP contribution in [0.25, 0.3) is 11.4 Å². The number of carbonyl (C=O) groups is 2. The van der Waals surface area contributed by atoms with Crippen LogP contribution in [0.5, 0.6) is 0 Å². The molecule has 0 atom stereocenters. The number of hydrogen-bond acceptors (Lipinski definition) is 8. The van der Waals surface area contributed by atoms with Gasteiger partial charge in [-0.1, -0.05) is 12.1 Å². The molecule has 4 rings (SSSR count). The second-order valence-electron chi connectivity index (χ2n) is 7.39. The molecule has 0 radical (unpaired) electrons. The number of aromatic nitrogens is 4. The Balaban J connectivity index is 0.000000202. The van der Waals surface area contributed by atoms with Gasteiger partial charge < -0.3 is 19.1 Å². The van der Waals surface area contributed by atoms with Gasteiger partial charge in [0.25, 0.3) is 17.3 Å². The Labute approximate surface area is 203 Å². The van der Waals surface area contributed by atoms with Crippen LogP contribution in [0, 0.1) is 20.2 Å². The Hall–Kier alpha value is -5.40. The van der Waals surface area contributed by atoms with E-state index in [0.717, 1.165) is 0 Å². The van der Waals surface area contributed by atoms with E-state index in [0.29, 0.717) is 11.4 Å². The van der Waals surface area contributed by atoms with Crippen LogP contribution in [0.15, 0.2) is 73.6 Å². The Morgan fingerprint density at radius 2 is 1.28 bits per heavy atom. The molecule has 0 unspecified atom stereocenters. The molecule has 36 heavy (non-hydrogen) atoms. The van der Waals surface area contributed by atoms with Crippen molar-refractivity contribution in [1.29, 1.82) is 0 Å². The highest BCUT2D eigenvalue weighted by molar-refractivity contribution is 5.91. The van der Waals surface area contributed by atoms with Gasteiger partial charge in [0.15, 0.2) is 5.69 Å². The third kappa shape index (κ3) is 5.93. The molecule has 2 aromatic heterocycles. The smallest absolute Gasteiger partial charge is 0.356 e. The lowest BCUT2D eigenvalue weighted by molar-refractivity contribution is -0.385. The first-order valence-corrected chi connectivity index (χ1v) is 10.1. The molecular formula is C22H19N7O7. The molecule has 14 nitrogen and oxygen atoms in total. The number of nitro groups is 2. The first kappa shape index (κ1) is 25.2. The van der Waals surface area contributed by atoms with Crippen LogP contribution in [-0.2, 0) is 0 Å². The summed E-state index contributed by atoms with van der Waals surface area (Å²) in [5.41, 5.74) is 1.17. The summed E-state index contributed by atoms with van der Waals surface area (Å²) in [4.78, 5) is 51.7. The number of nitrogens with zero attached hydrogens (tertiary/aromatic N) is 7. The summed E-state index contributed by atoms with van der Waals surface area (Å²) in [6.45, 7) is 0. The van der Waals surface area contributed by atoms with Gasteiger partial charge in [0.1, 0.15) is 18.3 Å². The van der Waals surface area contributed by atoms with Crippen molar-refractivity contribution in [3.63, 3.8) is 0 Å². The van der Waals surface area contributed by atoms with Crippen LogP contribution in [0.4, 0.5) is 11.4 Å². The van der Waals surface area contributed by atoms with Crippen LogP contribution < -0.4 is 0 Å². The molecule has 2 heterocycles.